The molecular formula is C21H25F3N2O3S2Si. The highest BCUT2D eigenvalue weighted by Gasteiger charge is 2.37. The van der Waals surface area contributed by atoms with Crippen LogP contribution in [0.25, 0.3) is 21.1 Å². The van der Waals surface area contributed by atoms with Gasteiger partial charge in [-0.2, -0.15) is 13.2 Å². The van der Waals surface area contributed by atoms with Crippen LogP contribution in [0.2, 0.25) is 19.6 Å². The summed E-state index contributed by atoms with van der Waals surface area (Å²) in [7, 11) is -7.35. The SMILES string of the molecule is Cc1ccc(-c2n[n+](C[Si](C)(C)C)c(-c3ccc(C)cc3)s2)cc1.O=S(=O)([O-])C(F)(F)F. The standard InChI is InChI=1S/C20H25N2SSi.CHF3O3S/c1-15-6-10-17(11-7-15)19-21-22(14-24(3,4)5)20(23-19)18-12-8-16(2)9-13-18;2-1(3,4)8(5,6)7/h6-13H,14H2,1-5H3;(H,5,6,7)/q+1;/p-1. The molecule has 0 amide bonds. The van der Waals surface area contributed by atoms with Gasteiger partial charge in [0, 0.05) is 10.7 Å². The van der Waals surface area contributed by atoms with E-state index < -0.39 is 23.7 Å². The topological polar surface area (TPSA) is 74.0 Å². The second-order valence-electron chi connectivity index (χ2n) is 8.56. The molecule has 3 aromatic rings. The molecule has 0 saturated carbocycles. The van der Waals surface area contributed by atoms with Crippen molar-refractivity contribution in [3.63, 3.8) is 0 Å². The van der Waals surface area contributed by atoms with E-state index in [1.54, 1.807) is 11.3 Å². The summed E-state index contributed by atoms with van der Waals surface area (Å²) in [4.78, 5) is 0. The Labute approximate surface area is 191 Å². The van der Waals surface area contributed by atoms with E-state index in [0.29, 0.717) is 0 Å². The third-order valence-electron chi connectivity index (χ3n) is 4.14. The molecule has 0 radical (unpaired) electrons. The van der Waals surface area contributed by atoms with Crippen LogP contribution in [0.4, 0.5) is 13.2 Å². The fourth-order valence-corrected chi connectivity index (χ4v) is 4.88. The number of alkyl halides is 3. The number of aryl methyl sites for hydroxylation is 2. The molecule has 1 heterocycles. The van der Waals surface area contributed by atoms with Crippen molar-refractivity contribution in [2.24, 2.45) is 0 Å². The second kappa shape index (κ2) is 9.82. The summed E-state index contributed by atoms with van der Waals surface area (Å²) in [5, 5.41) is 7.32. The number of hydrogen-bond acceptors (Lipinski definition) is 5. The first kappa shape index (κ1) is 26.2. The van der Waals surface area contributed by atoms with Crippen molar-refractivity contribution >= 4 is 29.5 Å². The van der Waals surface area contributed by atoms with Gasteiger partial charge in [0.2, 0.25) is 0 Å². The van der Waals surface area contributed by atoms with Crippen LogP contribution in [0, 0.1) is 13.8 Å². The molecule has 0 N–H and O–H groups in total. The predicted octanol–water partition coefficient (Wildman–Crippen LogP) is 5.31. The number of halogens is 3. The summed E-state index contributed by atoms with van der Waals surface area (Å²) in [6.45, 7) is 11.4. The molecule has 3 rings (SSSR count). The monoisotopic (exact) mass is 502 g/mol. The van der Waals surface area contributed by atoms with E-state index in [4.69, 9.17) is 18.1 Å². The van der Waals surface area contributed by atoms with Crippen molar-refractivity contribution < 1.29 is 30.8 Å². The minimum Gasteiger partial charge on any atom is -0.741 e. The molecule has 11 heteroatoms. The van der Waals surface area contributed by atoms with Gasteiger partial charge in [0.05, 0.1) is 5.56 Å². The number of benzene rings is 2. The van der Waals surface area contributed by atoms with E-state index in [9.17, 15) is 13.2 Å². The van der Waals surface area contributed by atoms with Crippen LogP contribution in [-0.2, 0) is 16.3 Å². The van der Waals surface area contributed by atoms with Gasteiger partial charge in [-0.3, -0.25) is 0 Å². The number of rotatable bonds is 4. The average Bonchev–Trinajstić information content (AvgIpc) is 3.03. The quantitative estimate of drug-likeness (QED) is 0.210. The Balaban J connectivity index is 0.000000390. The largest absolute Gasteiger partial charge is 0.741 e. The van der Waals surface area contributed by atoms with E-state index >= 15 is 0 Å². The van der Waals surface area contributed by atoms with Gasteiger partial charge < -0.3 is 4.55 Å². The summed E-state index contributed by atoms with van der Waals surface area (Å²) in [5.74, 6) is 0. The molecule has 0 aliphatic rings. The van der Waals surface area contributed by atoms with E-state index in [2.05, 4.69) is 86.7 Å². The highest BCUT2D eigenvalue weighted by Crippen LogP contribution is 2.29. The van der Waals surface area contributed by atoms with E-state index in [-0.39, 0.29) is 0 Å². The van der Waals surface area contributed by atoms with Crippen LogP contribution >= 0.6 is 11.3 Å². The zero-order valence-electron chi connectivity index (χ0n) is 18.4. The van der Waals surface area contributed by atoms with Crippen molar-refractivity contribution in [3.8, 4) is 21.1 Å². The smallest absolute Gasteiger partial charge is 0.485 e. The van der Waals surface area contributed by atoms with Gasteiger partial charge in [0.25, 0.3) is 5.01 Å². The Morgan fingerprint density at radius 2 is 1.34 bits per heavy atom. The summed E-state index contributed by atoms with van der Waals surface area (Å²) < 4.78 is 61.1. The molecule has 32 heavy (non-hydrogen) atoms. The fraction of sp³-hybridized carbons (Fsp3) is 0.333. The Kier molecular flexibility index (Phi) is 8.03. The number of aromatic nitrogens is 2. The van der Waals surface area contributed by atoms with Gasteiger partial charge in [0.15, 0.2) is 21.3 Å². The maximum absolute atomic E-state index is 10.7. The molecule has 5 nitrogen and oxygen atoms in total. The molecule has 0 bridgehead atoms. The van der Waals surface area contributed by atoms with Gasteiger partial charge in [-0.1, -0.05) is 71.8 Å². The minimum atomic E-state index is -6.09. The molecule has 0 atom stereocenters. The molecule has 1 aromatic heterocycles. The van der Waals surface area contributed by atoms with Crippen LogP contribution in [-0.4, -0.2) is 31.7 Å². The van der Waals surface area contributed by atoms with Crippen molar-refractivity contribution in [1.29, 1.82) is 0 Å². The molecule has 2 aromatic carbocycles. The Bertz CT molecular complexity index is 1150. The number of hydrogen-bond donors (Lipinski definition) is 0. The van der Waals surface area contributed by atoms with E-state index in [0.717, 1.165) is 11.2 Å². The van der Waals surface area contributed by atoms with Gasteiger partial charge >= 0.3 is 5.51 Å². The maximum Gasteiger partial charge on any atom is 0.485 e. The molecule has 0 unspecified atom stereocenters. The number of nitrogens with zero attached hydrogens (tertiary/aromatic N) is 2. The van der Waals surface area contributed by atoms with Gasteiger partial charge in [0.1, 0.15) is 8.07 Å². The lowest BCUT2D eigenvalue weighted by Gasteiger charge is -2.08. The zero-order valence-corrected chi connectivity index (χ0v) is 21.0. The van der Waals surface area contributed by atoms with Crippen LogP contribution in [0.1, 0.15) is 11.1 Å². The van der Waals surface area contributed by atoms with Crippen LogP contribution in [0.3, 0.4) is 0 Å². The Hall–Kier alpha value is -2.08. The third kappa shape index (κ3) is 7.50. The predicted molar refractivity (Wildman–Crippen MR) is 122 cm³/mol. The lowest BCUT2D eigenvalue weighted by atomic mass is 10.2. The summed E-state index contributed by atoms with van der Waals surface area (Å²) in [6.07, 6.45) is 1.04. The first-order valence-corrected chi connectivity index (χ1v) is 15.6. The highest BCUT2D eigenvalue weighted by atomic mass is 32.2. The summed E-state index contributed by atoms with van der Waals surface area (Å²) in [6, 6.07) is 17.4. The Morgan fingerprint density at radius 3 is 1.72 bits per heavy atom. The van der Waals surface area contributed by atoms with Gasteiger partial charge in [-0.25, -0.2) is 8.42 Å². The van der Waals surface area contributed by atoms with Crippen molar-refractivity contribution in [2.45, 2.75) is 45.2 Å². The molecule has 0 fully saturated rings. The first-order chi connectivity index (χ1) is 14.6. The average molecular weight is 503 g/mol. The van der Waals surface area contributed by atoms with Crippen LogP contribution in [0.15, 0.2) is 48.5 Å². The van der Waals surface area contributed by atoms with Crippen molar-refractivity contribution in [2.75, 3.05) is 0 Å². The molecule has 0 saturated heterocycles. The second-order valence-corrected chi connectivity index (χ2v) is 16.3. The summed E-state index contributed by atoms with van der Waals surface area (Å²) >= 11 is 1.79. The molecule has 174 valence electrons. The van der Waals surface area contributed by atoms with E-state index in [1.165, 1.54) is 27.3 Å². The normalized spacial score (nSPS) is 12.3. The lowest BCUT2D eigenvalue weighted by Crippen LogP contribution is -2.48. The van der Waals surface area contributed by atoms with Crippen LogP contribution < -0.4 is 4.68 Å². The summed E-state index contributed by atoms with van der Waals surface area (Å²) in [5.41, 5.74) is -0.613. The molecular weight excluding hydrogens is 477 g/mol. The molecule has 0 aliphatic heterocycles. The minimum absolute atomic E-state index is 1.04. The Morgan fingerprint density at radius 1 is 0.938 bits per heavy atom. The van der Waals surface area contributed by atoms with Gasteiger partial charge in [-0.05, 0) is 37.3 Å². The molecule has 0 spiro atoms. The van der Waals surface area contributed by atoms with E-state index in [1.807, 2.05) is 0 Å². The van der Waals surface area contributed by atoms with Gasteiger partial charge in [-0.15, -0.1) is 0 Å². The zero-order chi connectivity index (χ0) is 24.3. The molecule has 0 aliphatic carbocycles. The van der Waals surface area contributed by atoms with Crippen molar-refractivity contribution in [1.82, 2.24) is 5.10 Å². The fourth-order valence-electron chi connectivity index (χ4n) is 2.59. The first-order valence-electron chi connectivity index (χ1n) is 9.64. The lowest BCUT2D eigenvalue weighted by molar-refractivity contribution is -0.723. The van der Waals surface area contributed by atoms with Crippen molar-refractivity contribution in [3.05, 3.63) is 59.7 Å². The third-order valence-corrected chi connectivity index (χ3v) is 7.11. The van der Waals surface area contributed by atoms with Crippen LogP contribution in [0.5, 0.6) is 0 Å². The highest BCUT2D eigenvalue weighted by molar-refractivity contribution is 7.86. The maximum atomic E-state index is 10.7.